The summed E-state index contributed by atoms with van der Waals surface area (Å²) in [5.41, 5.74) is 0. The van der Waals surface area contributed by atoms with Crippen LogP contribution in [0.1, 0.15) is 39.0 Å². The standard InChI is InChI=1S/C14H24N2O3/c1-10-8-12(14(18)19)4-7-16(10)13(17)9-11-2-5-15-6-3-11/h10-12,15H,2-9H2,1H3,(H,18,19). The van der Waals surface area contributed by atoms with Crippen LogP contribution in [0, 0.1) is 11.8 Å². The molecule has 108 valence electrons. The molecule has 2 saturated heterocycles. The van der Waals surface area contributed by atoms with E-state index in [1.165, 1.54) is 0 Å². The van der Waals surface area contributed by atoms with Gasteiger partial charge >= 0.3 is 5.97 Å². The molecule has 2 unspecified atom stereocenters. The number of piperidine rings is 2. The Balaban J connectivity index is 1.84. The fourth-order valence-electron chi connectivity index (χ4n) is 3.22. The summed E-state index contributed by atoms with van der Waals surface area (Å²) in [4.78, 5) is 25.2. The topological polar surface area (TPSA) is 69.6 Å². The average Bonchev–Trinajstić information content (AvgIpc) is 2.39. The van der Waals surface area contributed by atoms with Crippen LogP contribution in [0.3, 0.4) is 0 Å². The number of likely N-dealkylation sites (tertiary alicyclic amines) is 1. The lowest BCUT2D eigenvalue weighted by atomic mass is 9.89. The Morgan fingerprint density at radius 3 is 2.53 bits per heavy atom. The molecule has 2 aliphatic rings. The van der Waals surface area contributed by atoms with Crippen molar-refractivity contribution in [3.8, 4) is 0 Å². The van der Waals surface area contributed by atoms with E-state index in [-0.39, 0.29) is 17.9 Å². The molecule has 0 aromatic heterocycles. The Labute approximate surface area is 114 Å². The summed E-state index contributed by atoms with van der Waals surface area (Å²) in [6, 6.07) is 0.0593. The van der Waals surface area contributed by atoms with Crippen molar-refractivity contribution in [3.63, 3.8) is 0 Å². The second-order valence-electron chi connectivity index (χ2n) is 5.89. The second-order valence-corrected chi connectivity index (χ2v) is 5.89. The van der Waals surface area contributed by atoms with E-state index in [2.05, 4.69) is 5.32 Å². The molecule has 2 heterocycles. The first-order chi connectivity index (χ1) is 9.08. The monoisotopic (exact) mass is 268 g/mol. The second kappa shape index (κ2) is 6.37. The highest BCUT2D eigenvalue weighted by atomic mass is 16.4. The molecule has 1 amide bonds. The van der Waals surface area contributed by atoms with Crippen LogP contribution >= 0.6 is 0 Å². The maximum absolute atomic E-state index is 12.3. The van der Waals surface area contributed by atoms with Gasteiger partial charge < -0.3 is 15.3 Å². The molecule has 2 atom stereocenters. The van der Waals surface area contributed by atoms with Gasteiger partial charge in [-0.2, -0.15) is 0 Å². The molecule has 19 heavy (non-hydrogen) atoms. The zero-order valence-electron chi connectivity index (χ0n) is 11.6. The molecule has 0 radical (unpaired) electrons. The van der Waals surface area contributed by atoms with E-state index in [1.807, 2.05) is 11.8 Å². The van der Waals surface area contributed by atoms with Crippen LogP contribution in [0.5, 0.6) is 0 Å². The van der Waals surface area contributed by atoms with Gasteiger partial charge in [0.25, 0.3) is 0 Å². The Kier molecular flexibility index (Phi) is 4.80. The van der Waals surface area contributed by atoms with Crippen molar-refractivity contribution in [1.82, 2.24) is 10.2 Å². The van der Waals surface area contributed by atoms with Gasteiger partial charge in [0.15, 0.2) is 0 Å². The summed E-state index contributed by atoms with van der Waals surface area (Å²) < 4.78 is 0. The molecule has 2 rings (SSSR count). The summed E-state index contributed by atoms with van der Waals surface area (Å²) in [5, 5.41) is 12.3. The van der Waals surface area contributed by atoms with E-state index >= 15 is 0 Å². The summed E-state index contributed by atoms with van der Waals surface area (Å²) in [6.07, 6.45) is 3.96. The van der Waals surface area contributed by atoms with Gasteiger partial charge in [0.1, 0.15) is 0 Å². The van der Waals surface area contributed by atoms with Crippen LogP contribution < -0.4 is 5.32 Å². The Morgan fingerprint density at radius 1 is 1.26 bits per heavy atom. The first-order valence-electron chi connectivity index (χ1n) is 7.31. The SMILES string of the molecule is CC1CC(C(=O)O)CCN1C(=O)CC1CCNCC1. The zero-order valence-corrected chi connectivity index (χ0v) is 11.6. The minimum atomic E-state index is -0.725. The van der Waals surface area contributed by atoms with Gasteiger partial charge in [-0.25, -0.2) is 0 Å². The number of carbonyl (C=O) groups is 2. The molecule has 2 aliphatic heterocycles. The summed E-state index contributed by atoms with van der Waals surface area (Å²) in [5.74, 6) is -0.295. The molecule has 0 aromatic rings. The van der Waals surface area contributed by atoms with Gasteiger partial charge in [0.2, 0.25) is 5.91 Å². The van der Waals surface area contributed by atoms with Gasteiger partial charge in [0.05, 0.1) is 5.92 Å². The van der Waals surface area contributed by atoms with Crippen molar-refractivity contribution in [1.29, 1.82) is 0 Å². The van der Waals surface area contributed by atoms with Gasteiger partial charge in [-0.3, -0.25) is 9.59 Å². The number of nitrogens with one attached hydrogen (secondary N) is 1. The highest BCUT2D eigenvalue weighted by Gasteiger charge is 2.32. The van der Waals surface area contributed by atoms with Gasteiger partial charge in [0, 0.05) is 19.0 Å². The van der Waals surface area contributed by atoms with Crippen molar-refractivity contribution in [2.24, 2.45) is 11.8 Å². The third-order valence-electron chi connectivity index (χ3n) is 4.47. The van der Waals surface area contributed by atoms with Crippen LogP contribution in [0.4, 0.5) is 0 Å². The molecular formula is C14H24N2O3. The lowest BCUT2D eigenvalue weighted by Crippen LogP contribution is -2.46. The van der Waals surface area contributed by atoms with Crippen molar-refractivity contribution in [2.45, 2.75) is 45.1 Å². The lowest BCUT2D eigenvalue weighted by molar-refractivity contribution is -0.147. The molecule has 0 aromatic carbocycles. The molecule has 5 nitrogen and oxygen atoms in total. The van der Waals surface area contributed by atoms with Crippen LogP contribution in [-0.4, -0.2) is 47.6 Å². The largest absolute Gasteiger partial charge is 0.481 e. The van der Waals surface area contributed by atoms with Crippen molar-refractivity contribution >= 4 is 11.9 Å². The molecule has 0 spiro atoms. The lowest BCUT2D eigenvalue weighted by Gasteiger charge is -2.37. The number of hydrogen-bond acceptors (Lipinski definition) is 3. The summed E-state index contributed by atoms with van der Waals surface area (Å²) >= 11 is 0. The predicted molar refractivity (Wildman–Crippen MR) is 71.7 cm³/mol. The molecule has 0 saturated carbocycles. The molecule has 5 heteroatoms. The van der Waals surface area contributed by atoms with E-state index < -0.39 is 5.97 Å². The number of carboxylic acids is 1. The number of carbonyl (C=O) groups excluding carboxylic acids is 1. The molecule has 2 fully saturated rings. The maximum Gasteiger partial charge on any atom is 0.306 e. The number of aliphatic carboxylic acids is 1. The normalized spacial score (nSPS) is 29.2. The highest BCUT2D eigenvalue weighted by Crippen LogP contribution is 2.25. The minimum Gasteiger partial charge on any atom is -0.481 e. The summed E-state index contributed by atoms with van der Waals surface area (Å²) in [6.45, 7) is 4.58. The van der Waals surface area contributed by atoms with E-state index in [1.54, 1.807) is 0 Å². The number of hydrogen-bond donors (Lipinski definition) is 2. The number of amides is 1. The highest BCUT2D eigenvalue weighted by molar-refractivity contribution is 5.77. The van der Waals surface area contributed by atoms with Crippen LogP contribution in [0.25, 0.3) is 0 Å². The first-order valence-corrected chi connectivity index (χ1v) is 7.31. The van der Waals surface area contributed by atoms with E-state index in [4.69, 9.17) is 5.11 Å². The molecular weight excluding hydrogens is 244 g/mol. The van der Waals surface area contributed by atoms with Crippen molar-refractivity contribution < 1.29 is 14.7 Å². The predicted octanol–water partition coefficient (Wildman–Crippen LogP) is 1.09. The van der Waals surface area contributed by atoms with Crippen LogP contribution in [0.15, 0.2) is 0 Å². The Hall–Kier alpha value is -1.10. The van der Waals surface area contributed by atoms with E-state index in [0.29, 0.717) is 31.7 Å². The molecule has 0 bridgehead atoms. The van der Waals surface area contributed by atoms with Gasteiger partial charge in [-0.05, 0) is 51.6 Å². The first kappa shape index (κ1) is 14.3. The fourth-order valence-corrected chi connectivity index (χ4v) is 3.22. The van der Waals surface area contributed by atoms with Crippen molar-refractivity contribution in [3.05, 3.63) is 0 Å². The zero-order chi connectivity index (χ0) is 13.8. The van der Waals surface area contributed by atoms with Crippen molar-refractivity contribution in [2.75, 3.05) is 19.6 Å². The van der Waals surface area contributed by atoms with Gasteiger partial charge in [-0.15, -0.1) is 0 Å². The maximum atomic E-state index is 12.3. The minimum absolute atomic E-state index is 0.0593. The van der Waals surface area contributed by atoms with E-state index in [9.17, 15) is 9.59 Å². The fraction of sp³-hybridized carbons (Fsp3) is 0.857. The molecule has 0 aliphatic carbocycles. The quantitative estimate of drug-likeness (QED) is 0.804. The summed E-state index contributed by atoms with van der Waals surface area (Å²) in [7, 11) is 0. The molecule has 2 N–H and O–H groups in total. The number of carboxylic acid groups (broad SMARTS) is 1. The smallest absolute Gasteiger partial charge is 0.306 e. The van der Waals surface area contributed by atoms with Crippen LogP contribution in [-0.2, 0) is 9.59 Å². The Morgan fingerprint density at radius 2 is 1.95 bits per heavy atom. The third-order valence-corrected chi connectivity index (χ3v) is 4.47. The van der Waals surface area contributed by atoms with Crippen LogP contribution in [0.2, 0.25) is 0 Å². The number of nitrogens with zero attached hydrogens (tertiary/aromatic N) is 1. The van der Waals surface area contributed by atoms with Gasteiger partial charge in [-0.1, -0.05) is 0 Å². The number of rotatable bonds is 3. The van der Waals surface area contributed by atoms with E-state index in [0.717, 1.165) is 25.9 Å². The average molecular weight is 268 g/mol. The Bertz CT molecular complexity index is 340. The third kappa shape index (κ3) is 3.69.